The molecule has 2 aromatic heterocycles. The molecule has 3 aromatic rings. The van der Waals surface area contributed by atoms with Crippen molar-refractivity contribution in [2.45, 2.75) is 23.9 Å². The van der Waals surface area contributed by atoms with Crippen LogP contribution >= 0.6 is 34.7 Å². The second kappa shape index (κ2) is 10.2. The lowest BCUT2D eigenvalue weighted by Gasteiger charge is -2.12. The SMILES string of the molecule is COCCCn1c(SCc2ccc(Cl)s2)nnc1-c1ccc(OC)c(OC)c1. The number of hydrogen-bond acceptors (Lipinski definition) is 7. The van der Waals surface area contributed by atoms with Crippen LogP contribution in [0.2, 0.25) is 4.34 Å². The number of ether oxygens (including phenoxy) is 3. The number of halogens is 1. The summed E-state index contributed by atoms with van der Waals surface area (Å²) in [7, 11) is 4.95. The van der Waals surface area contributed by atoms with Crippen molar-refractivity contribution in [3.8, 4) is 22.9 Å². The molecule has 0 bridgehead atoms. The summed E-state index contributed by atoms with van der Waals surface area (Å²) in [5.41, 5.74) is 0.925. The molecule has 0 atom stereocenters. The Morgan fingerprint density at radius 1 is 1.07 bits per heavy atom. The van der Waals surface area contributed by atoms with E-state index in [-0.39, 0.29) is 0 Å². The Morgan fingerprint density at radius 3 is 2.57 bits per heavy atom. The average molecular weight is 440 g/mol. The summed E-state index contributed by atoms with van der Waals surface area (Å²) in [6.45, 7) is 1.44. The summed E-state index contributed by atoms with van der Waals surface area (Å²) in [6.07, 6.45) is 0.868. The third kappa shape index (κ3) is 5.00. The highest BCUT2D eigenvalue weighted by Gasteiger charge is 2.16. The van der Waals surface area contributed by atoms with Crippen LogP contribution in [-0.4, -0.2) is 42.7 Å². The third-order valence-electron chi connectivity index (χ3n) is 4.06. The molecule has 0 aliphatic carbocycles. The molecule has 3 rings (SSSR count). The van der Waals surface area contributed by atoms with E-state index in [1.165, 1.54) is 4.88 Å². The molecule has 0 radical (unpaired) electrons. The predicted octanol–water partition coefficient (Wildman–Crippen LogP) is 5.01. The first-order chi connectivity index (χ1) is 13.7. The van der Waals surface area contributed by atoms with Gasteiger partial charge >= 0.3 is 0 Å². The topological polar surface area (TPSA) is 58.4 Å². The molecule has 0 N–H and O–H groups in total. The normalized spacial score (nSPS) is 11.0. The summed E-state index contributed by atoms with van der Waals surface area (Å²) >= 11 is 9.27. The lowest BCUT2D eigenvalue weighted by Crippen LogP contribution is -2.05. The van der Waals surface area contributed by atoms with Crippen LogP contribution < -0.4 is 9.47 Å². The number of rotatable bonds is 10. The molecule has 0 amide bonds. The van der Waals surface area contributed by atoms with Gasteiger partial charge in [-0.2, -0.15) is 0 Å². The van der Waals surface area contributed by atoms with E-state index in [1.807, 2.05) is 30.3 Å². The predicted molar refractivity (Wildman–Crippen MR) is 114 cm³/mol. The quantitative estimate of drug-likeness (QED) is 0.327. The zero-order valence-electron chi connectivity index (χ0n) is 16.0. The monoisotopic (exact) mass is 439 g/mol. The third-order valence-corrected chi connectivity index (χ3v) is 6.49. The van der Waals surface area contributed by atoms with Gasteiger partial charge in [-0.1, -0.05) is 23.4 Å². The van der Waals surface area contributed by atoms with Crippen LogP contribution in [-0.2, 0) is 17.0 Å². The van der Waals surface area contributed by atoms with Crippen molar-refractivity contribution < 1.29 is 14.2 Å². The van der Waals surface area contributed by atoms with E-state index in [0.29, 0.717) is 18.1 Å². The van der Waals surface area contributed by atoms with Gasteiger partial charge in [0.1, 0.15) is 0 Å². The van der Waals surface area contributed by atoms with Crippen LogP contribution in [0.4, 0.5) is 0 Å². The smallest absolute Gasteiger partial charge is 0.191 e. The number of thioether (sulfide) groups is 1. The molecule has 0 aliphatic heterocycles. The van der Waals surface area contributed by atoms with Crippen LogP contribution in [0.15, 0.2) is 35.5 Å². The zero-order valence-corrected chi connectivity index (χ0v) is 18.4. The van der Waals surface area contributed by atoms with E-state index in [9.17, 15) is 0 Å². The second-order valence-corrected chi connectivity index (χ2v) is 8.61. The fourth-order valence-electron chi connectivity index (χ4n) is 2.72. The molecular formula is C19H22ClN3O3S2. The highest BCUT2D eigenvalue weighted by Crippen LogP contribution is 2.34. The minimum Gasteiger partial charge on any atom is -0.493 e. The fraction of sp³-hybridized carbons (Fsp3) is 0.368. The number of methoxy groups -OCH3 is 3. The van der Waals surface area contributed by atoms with E-state index in [2.05, 4.69) is 14.8 Å². The first-order valence-electron chi connectivity index (χ1n) is 8.67. The first kappa shape index (κ1) is 21.0. The van der Waals surface area contributed by atoms with Crippen LogP contribution in [0.1, 0.15) is 11.3 Å². The molecule has 0 unspecified atom stereocenters. The van der Waals surface area contributed by atoms with E-state index in [1.54, 1.807) is 44.4 Å². The van der Waals surface area contributed by atoms with Gasteiger partial charge in [-0.05, 0) is 36.8 Å². The van der Waals surface area contributed by atoms with Crippen molar-refractivity contribution in [3.63, 3.8) is 0 Å². The lowest BCUT2D eigenvalue weighted by molar-refractivity contribution is 0.189. The molecule has 0 aliphatic rings. The molecule has 1 aromatic carbocycles. The second-order valence-electron chi connectivity index (χ2n) is 5.87. The summed E-state index contributed by atoms with van der Waals surface area (Å²) in [4.78, 5) is 1.20. The Balaban J connectivity index is 1.88. The van der Waals surface area contributed by atoms with Crippen molar-refractivity contribution >= 4 is 34.7 Å². The molecule has 28 heavy (non-hydrogen) atoms. The molecule has 150 valence electrons. The molecular weight excluding hydrogens is 418 g/mol. The zero-order chi connectivity index (χ0) is 19.9. The van der Waals surface area contributed by atoms with Gasteiger partial charge in [0, 0.05) is 36.5 Å². The molecule has 6 nitrogen and oxygen atoms in total. The maximum atomic E-state index is 6.04. The summed E-state index contributed by atoms with van der Waals surface area (Å²) in [6, 6.07) is 9.72. The van der Waals surface area contributed by atoms with Gasteiger partial charge in [0.05, 0.1) is 18.6 Å². The van der Waals surface area contributed by atoms with Gasteiger partial charge in [-0.25, -0.2) is 0 Å². The van der Waals surface area contributed by atoms with Crippen molar-refractivity contribution in [1.29, 1.82) is 0 Å². The summed E-state index contributed by atoms with van der Waals surface area (Å²) < 4.78 is 18.9. The number of thiophene rings is 1. The number of hydrogen-bond donors (Lipinski definition) is 0. The Bertz CT molecular complexity index is 914. The average Bonchev–Trinajstić information content (AvgIpc) is 3.32. The molecule has 9 heteroatoms. The molecule has 0 saturated carbocycles. The van der Waals surface area contributed by atoms with Crippen LogP contribution in [0.25, 0.3) is 11.4 Å². The van der Waals surface area contributed by atoms with Gasteiger partial charge in [-0.15, -0.1) is 21.5 Å². The molecule has 0 fully saturated rings. The van der Waals surface area contributed by atoms with Gasteiger partial charge in [0.25, 0.3) is 0 Å². The van der Waals surface area contributed by atoms with E-state index in [4.69, 9.17) is 25.8 Å². The standard InChI is InChI=1S/C19H22ClN3O3S2/c1-24-10-4-9-23-18(13-5-7-15(25-2)16(11-13)26-3)21-22-19(23)27-12-14-6-8-17(20)28-14/h5-8,11H,4,9-10,12H2,1-3H3. The summed E-state index contributed by atoms with van der Waals surface area (Å²) in [5, 5.41) is 9.74. The van der Waals surface area contributed by atoms with Crippen molar-refractivity contribution in [3.05, 3.63) is 39.5 Å². The molecule has 2 heterocycles. The minimum atomic E-state index is 0.661. The van der Waals surface area contributed by atoms with Gasteiger partial charge in [0.2, 0.25) is 0 Å². The Morgan fingerprint density at radius 2 is 1.89 bits per heavy atom. The van der Waals surface area contributed by atoms with Gasteiger partial charge in [-0.3, -0.25) is 0 Å². The lowest BCUT2D eigenvalue weighted by atomic mass is 10.2. The maximum Gasteiger partial charge on any atom is 0.191 e. The number of benzene rings is 1. The van der Waals surface area contributed by atoms with Crippen LogP contribution in [0.3, 0.4) is 0 Å². The maximum absolute atomic E-state index is 6.04. The van der Waals surface area contributed by atoms with E-state index in [0.717, 1.165) is 39.6 Å². The largest absolute Gasteiger partial charge is 0.493 e. The fourth-order valence-corrected chi connectivity index (χ4v) is 4.81. The minimum absolute atomic E-state index is 0.661. The van der Waals surface area contributed by atoms with Crippen molar-refractivity contribution in [2.24, 2.45) is 0 Å². The van der Waals surface area contributed by atoms with Crippen LogP contribution in [0, 0.1) is 0 Å². The number of nitrogens with zero attached hydrogens (tertiary/aromatic N) is 3. The highest BCUT2D eigenvalue weighted by atomic mass is 35.5. The molecule has 0 saturated heterocycles. The Kier molecular flexibility index (Phi) is 7.61. The van der Waals surface area contributed by atoms with Gasteiger partial charge < -0.3 is 18.8 Å². The molecule has 0 spiro atoms. The Labute approximate surface area is 177 Å². The van der Waals surface area contributed by atoms with Gasteiger partial charge in [0.15, 0.2) is 22.5 Å². The van der Waals surface area contributed by atoms with E-state index >= 15 is 0 Å². The van der Waals surface area contributed by atoms with Crippen molar-refractivity contribution in [1.82, 2.24) is 14.8 Å². The van der Waals surface area contributed by atoms with E-state index < -0.39 is 0 Å². The summed E-state index contributed by atoms with van der Waals surface area (Å²) in [5.74, 6) is 2.93. The van der Waals surface area contributed by atoms with Crippen molar-refractivity contribution in [2.75, 3.05) is 27.9 Å². The number of aromatic nitrogens is 3. The highest BCUT2D eigenvalue weighted by molar-refractivity contribution is 7.98. The Hall–Kier alpha value is -1.74. The van der Waals surface area contributed by atoms with Crippen LogP contribution in [0.5, 0.6) is 11.5 Å². The first-order valence-corrected chi connectivity index (χ1v) is 10.9.